The molecular weight excluding hydrogens is 668 g/mol. The number of ether oxygens (including phenoxy) is 2. The molecule has 0 amide bonds. The van der Waals surface area contributed by atoms with E-state index in [1.807, 2.05) is 6.92 Å². The normalized spacial score (nSPS) is 20.3. The summed E-state index contributed by atoms with van der Waals surface area (Å²) in [6.45, 7) is 19.3. The minimum Gasteiger partial charge on any atom is -0.870 e. The van der Waals surface area contributed by atoms with Gasteiger partial charge in [0, 0.05) is 0 Å². The maximum absolute atomic E-state index is 13.8. The molecule has 0 aromatic heterocycles. The molecule has 0 radical (unpaired) electrons. The van der Waals surface area contributed by atoms with Crippen LogP contribution in [-0.2, 0) is 28.7 Å². The average Bonchev–Trinajstić information content (AvgIpc) is 3.03. The fourth-order valence-corrected chi connectivity index (χ4v) is 5.41. The molecule has 9 nitrogen and oxygen atoms in total. The molecule has 3 N–H and O–H groups in total. The van der Waals surface area contributed by atoms with Gasteiger partial charge in [-0.3, -0.25) is 4.79 Å². The molecule has 4 aliphatic rings. The summed E-state index contributed by atoms with van der Waals surface area (Å²) in [5.41, 5.74) is -1.51. The number of carboxylic acid groups (broad SMARTS) is 2. The number of carbonyl (C=O) groups excluding carboxylic acids is 2. The zero-order chi connectivity index (χ0) is 35.8. The van der Waals surface area contributed by atoms with Gasteiger partial charge in [-0.1, -0.05) is 56.0 Å². The Hall–Kier alpha value is -2.41. The van der Waals surface area contributed by atoms with Crippen molar-refractivity contribution in [1.82, 2.24) is 0 Å². The molecule has 4 aliphatic carbocycles. The Morgan fingerprint density at radius 1 is 0.620 bits per heavy atom. The number of rotatable bonds is 6. The minimum atomic E-state index is -1.98. The average molecular weight is 727 g/mol. The van der Waals surface area contributed by atoms with E-state index in [1.165, 1.54) is 5.57 Å². The Morgan fingerprint density at radius 3 is 1.18 bits per heavy atom. The molecule has 50 heavy (non-hydrogen) atoms. The maximum atomic E-state index is 13.8. The summed E-state index contributed by atoms with van der Waals surface area (Å²) in [5, 5.41) is 17.0. The maximum Gasteiger partial charge on any atom is 1.00 e. The van der Waals surface area contributed by atoms with Gasteiger partial charge in [0.25, 0.3) is 0 Å². The second-order valence-electron chi connectivity index (χ2n) is 12.8. The van der Waals surface area contributed by atoms with Crippen LogP contribution in [0.1, 0.15) is 124 Å². The Kier molecular flexibility index (Phi) is 25.7. The summed E-state index contributed by atoms with van der Waals surface area (Å²) >= 11 is 0. The van der Waals surface area contributed by atoms with Crippen molar-refractivity contribution >= 4 is 23.9 Å². The first-order valence-corrected chi connectivity index (χ1v) is 16.4. The smallest absolute Gasteiger partial charge is 0.870 e. The number of hydrogen-bond donors (Lipinski definition) is 2. The first kappa shape index (κ1) is 52.0. The monoisotopic (exact) mass is 726 g/mol. The van der Waals surface area contributed by atoms with Crippen molar-refractivity contribution < 1.29 is 87.1 Å². The summed E-state index contributed by atoms with van der Waals surface area (Å²) in [4.78, 5) is 43.2. The van der Waals surface area contributed by atoms with E-state index in [9.17, 15) is 32.3 Å². The van der Waals surface area contributed by atoms with Gasteiger partial charge in [-0.15, -0.1) is 0 Å². The van der Waals surface area contributed by atoms with Crippen LogP contribution in [0.4, 0.5) is 13.2 Å². The number of aliphatic carboxylic acids is 2. The second-order valence-corrected chi connectivity index (χ2v) is 12.8. The third-order valence-electron chi connectivity index (χ3n) is 8.97. The molecule has 0 unspecified atom stereocenters. The number of esters is 2. The van der Waals surface area contributed by atoms with E-state index in [0.29, 0.717) is 45.1 Å². The van der Waals surface area contributed by atoms with Gasteiger partial charge >= 0.3 is 53.4 Å². The number of allylic oxidation sites excluding steroid dienone is 4. The first-order valence-electron chi connectivity index (χ1n) is 16.4. The topological polar surface area (TPSA) is 157 Å². The number of carboxylic acids is 2. The zero-order valence-electron chi connectivity index (χ0n) is 29.6. The molecule has 4 rings (SSSR count). The van der Waals surface area contributed by atoms with Crippen molar-refractivity contribution in [3.63, 3.8) is 0 Å². The molecule has 0 bridgehead atoms. The second kappa shape index (κ2) is 24.7. The molecule has 0 heterocycles. The molecule has 0 aliphatic heterocycles. The van der Waals surface area contributed by atoms with Gasteiger partial charge in [-0.2, -0.15) is 0 Å². The first-order chi connectivity index (χ1) is 21.9. The van der Waals surface area contributed by atoms with E-state index in [-0.39, 0.29) is 99.5 Å². The minimum absolute atomic E-state index is 0. The molecule has 0 atom stereocenters. The van der Waals surface area contributed by atoms with E-state index in [1.54, 1.807) is 6.92 Å². The van der Waals surface area contributed by atoms with E-state index in [2.05, 4.69) is 31.1 Å². The van der Waals surface area contributed by atoms with Crippen LogP contribution in [0.2, 0.25) is 0 Å². The third kappa shape index (κ3) is 17.7. The van der Waals surface area contributed by atoms with E-state index in [0.717, 1.165) is 42.4 Å². The van der Waals surface area contributed by atoms with Gasteiger partial charge in [0.15, 0.2) is 0 Å². The van der Waals surface area contributed by atoms with Crippen LogP contribution >= 0.6 is 0 Å². The quantitative estimate of drug-likeness (QED) is 0.191. The van der Waals surface area contributed by atoms with Crippen molar-refractivity contribution in [2.45, 2.75) is 141 Å². The fourth-order valence-electron chi connectivity index (χ4n) is 5.41. The van der Waals surface area contributed by atoms with Gasteiger partial charge in [-0.05, 0) is 117 Å². The van der Waals surface area contributed by atoms with Crippen LogP contribution in [0.5, 0.6) is 0 Å². The van der Waals surface area contributed by atoms with Gasteiger partial charge in [0.2, 0.25) is 17.0 Å². The van der Waals surface area contributed by atoms with Crippen molar-refractivity contribution in [1.29, 1.82) is 0 Å². The Morgan fingerprint density at radius 2 is 0.900 bits per heavy atom. The van der Waals surface area contributed by atoms with Crippen LogP contribution in [0.25, 0.3) is 0 Å². The molecular formula is C37H58F3NaO9. The van der Waals surface area contributed by atoms with Crippen LogP contribution in [0.15, 0.2) is 48.6 Å². The molecule has 0 aromatic rings. The summed E-state index contributed by atoms with van der Waals surface area (Å²) in [5.74, 6) is -3.25. The van der Waals surface area contributed by atoms with Crippen molar-refractivity contribution in [2.24, 2.45) is 5.92 Å². The van der Waals surface area contributed by atoms with Crippen LogP contribution < -0.4 is 29.6 Å². The number of alkyl halides is 3. The molecule has 13 heteroatoms. The number of hydrogen-bond acceptors (Lipinski definition) is 7. The summed E-state index contributed by atoms with van der Waals surface area (Å²) in [6, 6.07) is 0. The molecule has 0 aromatic carbocycles. The molecule has 4 fully saturated rings. The molecule has 0 saturated heterocycles. The number of halogens is 3. The van der Waals surface area contributed by atoms with Crippen LogP contribution in [-0.4, -0.2) is 69.8 Å². The predicted molar refractivity (Wildman–Crippen MR) is 183 cm³/mol. The van der Waals surface area contributed by atoms with Crippen LogP contribution in [0.3, 0.4) is 0 Å². The van der Waals surface area contributed by atoms with Crippen LogP contribution in [0, 0.1) is 5.92 Å². The van der Waals surface area contributed by atoms with E-state index in [4.69, 9.17) is 14.9 Å². The summed E-state index contributed by atoms with van der Waals surface area (Å²) < 4.78 is 49.9. The predicted octanol–water partition coefficient (Wildman–Crippen LogP) is 5.97. The Balaban J connectivity index is -0.000000579. The zero-order valence-corrected chi connectivity index (χ0v) is 31.6. The molecule has 282 valence electrons. The SMILES string of the molecule is C.C=C1CCC(C(=O)OCC)CC1.C=C1CCC(F)(C(=O)O)CC1.C=C1CCC(F)(C(=O)O)CC1.C=C1CCC(F)(C(=O)OCC)CC1.[Na+].[OH-]. The fraction of sp³-hybridized carbons (Fsp3) is 0.676. The van der Waals surface area contributed by atoms with Gasteiger partial charge in [0.05, 0.1) is 19.1 Å². The van der Waals surface area contributed by atoms with E-state index < -0.39 is 34.9 Å². The van der Waals surface area contributed by atoms with Crippen molar-refractivity contribution in [2.75, 3.05) is 13.2 Å². The van der Waals surface area contributed by atoms with E-state index >= 15 is 0 Å². The molecule has 0 spiro atoms. The number of carbonyl (C=O) groups is 4. The third-order valence-corrected chi connectivity index (χ3v) is 8.97. The Bertz CT molecular complexity index is 1090. The molecule has 4 saturated carbocycles. The van der Waals surface area contributed by atoms with Gasteiger partial charge in [-0.25, -0.2) is 27.6 Å². The van der Waals surface area contributed by atoms with Gasteiger partial charge in [0.1, 0.15) is 0 Å². The summed E-state index contributed by atoms with van der Waals surface area (Å²) in [6.07, 6.45) is 7.82. The summed E-state index contributed by atoms with van der Waals surface area (Å²) in [7, 11) is 0. The van der Waals surface area contributed by atoms with Crippen molar-refractivity contribution in [3.05, 3.63) is 48.6 Å². The van der Waals surface area contributed by atoms with Gasteiger partial charge < -0.3 is 25.2 Å². The Labute approximate surface area is 318 Å². The largest absolute Gasteiger partial charge is 1.00 e. The standard InChI is InChI=1S/C10H15FO2.C10H16O2.2C8H11FO2.CH4.Na.H2O/c1-3-13-9(12)10(11)6-4-8(2)5-7-10;1-3-12-10(11)9-6-4-8(2)5-7-9;2*1-6-2-4-8(9,5-3-6)7(10)11;;;/h2-7H2,1H3;9H,2-7H2,1H3;2*1-5H2,(H,10,11);1H4;;1H2/q;;;;;+1;/p-1. The van der Waals surface area contributed by atoms with Crippen molar-refractivity contribution in [3.8, 4) is 0 Å².